The lowest BCUT2D eigenvalue weighted by atomic mass is 10.3. The minimum absolute atomic E-state index is 1.75. The molecule has 8 heteroatoms. The summed E-state index contributed by atoms with van der Waals surface area (Å²) < 4.78 is 80.7. The third kappa shape index (κ3) is 1.50. The lowest BCUT2D eigenvalue weighted by Crippen LogP contribution is -2.08. The predicted molar refractivity (Wildman–Crippen MR) is 35.3 cm³/mol. The zero-order valence-electron chi connectivity index (χ0n) is 6.15. The van der Waals surface area contributed by atoms with E-state index in [9.17, 15) is 26.2 Å². The topological polar surface area (TPSA) is 37.3 Å². The van der Waals surface area contributed by atoms with Gasteiger partial charge < -0.3 is 4.55 Å². The van der Waals surface area contributed by atoms with E-state index >= 15 is 0 Å². The van der Waals surface area contributed by atoms with Crippen LogP contribution in [0.1, 0.15) is 0 Å². The summed E-state index contributed by atoms with van der Waals surface area (Å²) in [7, 11) is 0. The van der Waals surface area contributed by atoms with Crippen molar-refractivity contribution in [3.63, 3.8) is 0 Å². The van der Waals surface area contributed by atoms with E-state index < -0.39 is 45.1 Å². The number of halogens is 5. The van der Waals surface area contributed by atoms with Crippen LogP contribution in [0.3, 0.4) is 0 Å². The van der Waals surface area contributed by atoms with Crippen LogP contribution in [0.2, 0.25) is 0 Å². The van der Waals surface area contributed by atoms with Crippen molar-refractivity contribution in [2.45, 2.75) is 4.90 Å². The van der Waals surface area contributed by atoms with Gasteiger partial charge in [0.1, 0.15) is 4.90 Å². The maximum absolute atomic E-state index is 12.6. The molecule has 1 unspecified atom stereocenters. The van der Waals surface area contributed by atoms with Gasteiger partial charge in [0.2, 0.25) is 5.82 Å². The van der Waals surface area contributed by atoms with Crippen LogP contribution in [0.25, 0.3) is 0 Å². The summed E-state index contributed by atoms with van der Waals surface area (Å²) >= 11 is -3.28. The zero-order valence-corrected chi connectivity index (χ0v) is 6.97. The number of hydrogen-bond acceptors (Lipinski definition) is 1. The molecule has 0 aromatic heterocycles. The molecular formula is C6HF5O2S. The summed E-state index contributed by atoms with van der Waals surface area (Å²) in [4.78, 5) is -1.75. The van der Waals surface area contributed by atoms with Crippen LogP contribution in [0.15, 0.2) is 4.90 Å². The molecule has 1 atom stereocenters. The van der Waals surface area contributed by atoms with E-state index in [2.05, 4.69) is 0 Å². The Balaban J connectivity index is 3.68. The second-order valence-corrected chi connectivity index (χ2v) is 3.05. The van der Waals surface area contributed by atoms with Crippen molar-refractivity contribution in [3.05, 3.63) is 29.1 Å². The zero-order chi connectivity index (χ0) is 11.0. The van der Waals surface area contributed by atoms with Crippen molar-refractivity contribution in [1.82, 2.24) is 0 Å². The summed E-state index contributed by atoms with van der Waals surface area (Å²) in [6.07, 6.45) is 0. The van der Waals surface area contributed by atoms with Gasteiger partial charge in [-0.25, -0.2) is 26.2 Å². The van der Waals surface area contributed by atoms with Crippen LogP contribution in [0, 0.1) is 29.1 Å². The van der Waals surface area contributed by atoms with E-state index in [0.717, 1.165) is 0 Å². The Morgan fingerprint density at radius 2 is 1.07 bits per heavy atom. The molecule has 0 saturated heterocycles. The van der Waals surface area contributed by atoms with Gasteiger partial charge in [-0.15, -0.1) is 0 Å². The van der Waals surface area contributed by atoms with Crippen LogP contribution < -0.4 is 0 Å². The second-order valence-electron chi connectivity index (χ2n) is 2.15. The monoisotopic (exact) mass is 232 g/mol. The van der Waals surface area contributed by atoms with Crippen LogP contribution in [0.5, 0.6) is 0 Å². The van der Waals surface area contributed by atoms with E-state index in [0.29, 0.717) is 0 Å². The van der Waals surface area contributed by atoms with E-state index in [1.807, 2.05) is 0 Å². The Labute approximate surface area is 76.6 Å². The Hall–Kier alpha value is -1.02. The van der Waals surface area contributed by atoms with Gasteiger partial charge in [0.05, 0.1) is 0 Å². The lowest BCUT2D eigenvalue weighted by molar-refractivity contribution is 0.356. The van der Waals surface area contributed by atoms with Crippen molar-refractivity contribution in [3.8, 4) is 0 Å². The molecule has 14 heavy (non-hydrogen) atoms. The molecule has 0 aliphatic heterocycles. The number of benzene rings is 1. The molecule has 1 rings (SSSR count). The standard InChI is InChI=1S/C6HF5O2S/c7-1-2(8)4(10)6(14(12)13)5(11)3(1)9/h(H,12,13). The SMILES string of the molecule is O=S(O)c1c(F)c(F)c(F)c(F)c1F. The highest BCUT2D eigenvalue weighted by Gasteiger charge is 2.28. The highest BCUT2D eigenvalue weighted by Crippen LogP contribution is 2.24. The van der Waals surface area contributed by atoms with Gasteiger partial charge in [-0.2, -0.15) is 0 Å². The largest absolute Gasteiger partial charge is 0.302 e. The quantitative estimate of drug-likeness (QED) is 0.348. The third-order valence-corrected chi connectivity index (χ3v) is 2.05. The van der Waals surface area contributed by atoms with Crippen molar-refractivity contribution >= 4 is 11.1 Å². The summed E-state index contributed by atoms with van der Waals surface area (Å²) in [6, 6.07) is 0. The van der Waals surface area contributed by atoms with Gasteiger partial charge in [0, 0.05) is 0 Å². The Bertz CT molecular complexity index is 390. The molecule has 2 nitrogen and oxygen atoms in total. The van der Waals surface area contributed by atoms with Gasteiger partial charge in [0.25, 0.3) is 0 Å². The van der Waals surface area contributed by atoms with E-state index in [4.69, 9.17) is 4.55 Å². The first-order valence-corrected chi connectivity index (χ1v) is 4.11. The Kier molecular flexibility index (Phi) is 2.86. The lowest BCUT2D eigenvalue weighted by Gasteiger charge is -2.03. The Morgan fingerprint density at radius 1 is 0.786 bits per heavy atom. The first kappa shape index (κ1) is 11.1. The van der Waals surface area contributed by atoms with E-state index in [-0.39, 0.29) is 0 Å². The maximum Gasteiger partial charge on any atom is 0.200 e. The molecule has 78 valence electrons. The number of rotatable bonds is 1. The molecule has 1 aromatic rings. The van der Waals surface area contributed by atoms with Gasteiger partial charge in [-0.05, 0) is 0 Å². The van der Waals surface area contributed by atoms with Gasteiger partial charge in [-0.1, -0.05) is 0 Å². The second kappa shape index (κ2) is 3.62. The van der Waals surface area contributed by atoms with Gasteiger partial charge in [0.15, 0.2) is 34.3 Å². The minimum atomic E-state index is -3.28. The molecule has 0 spiro atoms. The molecule has 0 bridgehead atoms. The highest BCUT2D eigenvalue weighted by molar-refractivity contribution is 7.79. The molecular weight excluding hydrogens is 231 g/mol. The summed E-state index contributed by atoms with van der Waals surface area (Å²) in [5.41, 5.74) is 0. The molecule has 1 N–H and O–H groups in total. The Morgan fingerprint density at radius 3 is 1.36 bits per heavy atom. The predicted octanol–water partition coefficient (Wildman–Crippen LogP) is 1.96. The molecule has 0 aliphatic carbocycles. The van der Waals surface area contributed by atoms with E-state index in [1.165, 1.54) is 0 Å². The summed E-state index contributed by atoms with van der Waals surface area (Å²) in [6.45, 7) is 0. The molecule has 1 aromatic carbocycles. The van der Waals surface area contributed by atoms with Crippen molar-refractivity contribution in [1.29, 1.82) is 0 Å². The van der Waals surface area contributed by atoms with E-state index in [1.54, 1.807) is 0 Å². The van der Waals surface area contributed by atoms with Gasteiger partial charge in [-0.3, -0.25) is 0 Å². The van der Waals surface area contributed by atoms with Gasteiger partial charge >= 0.3 is 0 Å². The molecule has 0 radical (unpaired) electrons. The summed E-state index contributed by atoms with van der Waals surface area (Å²) in [5, 5.41) is 0. The maximum atomic E-state index is 12.6. The van der Waals surface area contributed by atoms with Crippen LogP contribution >= 0.6 is 0 Å². The highest BCUT2D eigenvalue weighted by atomic mass is 32.2. The van der Waals surface area contributed by atoms with Crippen molar-refractivity contribution < 1.29 is 30.7 Å². The van der Waals surface area contributed by atoms with Crippen LogP contribution in [0.4, 0.5) is 22.0 Å². The molecule has 0 fully saturated rings. The fraction of sp³-hybridized carbons (Fsp3) is 0. The molecule has 0 aliphatic rings. The third-order valence-electron chi connectivity index (χ3n) is 1.34. The van der Waals surface area contributed by atoms with Crippen LogP contribution in [-0.2, 0) is 11.1 Å². The van der Waals surface area contributed by atoms with Crippen LogP contribution in [-0.4, -0.2) is 8.76 Å². The fourth-order valence-electron chi connectivity index (χ4n) is 0.738. The van der Waals surface area contributed by atoms with Crippen molar-refractivity contribution in [2.75, 3.05) is 0 Å². The average Bonchev–Trinajstić information content (AvgIpc) is 2.11. The number of hydrogen-bond donors (Lipinski definition) is 1. The first-order valence-electron chi connectivity index (χ1n) is 3.00. The average molecular weight is 232 g/mol. The van der Waals surface area contributed by atoms with Crippen molar-refractivity contribution in [2.24, 2.45) is 0 Å². The summed E-state index contributed by atoms with van der Waals surface area (Å²) in [5.74, 6) is -11.5. The first-order chi connectivity index (χ1) is 6.37. The molecule has 0 heterocycles. The minimum Gasteiger partial charge on any atom is -0.302 e. The fourth-order valence-corrected chi connectivity index (χ4v) is 1.22. The molecule has 0 amide bonds. The normalized spacial score (nSPS) is 13.0. The smallest absolute Gasteiger partial charge is 0.200 e. The molecule has 0 saturated carbocycles.